The number of hydrogen-bond donors (Lipinski definition) is 2. The van der Waals surface area contributed by atoms with E-state index in [2.05, 4.69) is 16.9 Å². The Kier molecular flexibility index (Phi) is 9.74. The summed E-state index contributed by atoms with van der Waals surface area (Å²) < 4.78 is 10.2. The number of aliphatic hydroxyl groups is 2. The fourth-order valence-electron chi connectivity index (χ4n) is 1.49. The van der Waals surface area contributed by atoms with Gasteiger partial charge in [-0.15, -0.1) is 0 Å². The smallest absolute Gasteiger partial charge is 0.119 e. The number of ether oxygens (including phenoxy) is 2. The predicted octanol–water partition coefficient (Wildman–Crippen LogP) is 2.25. The molecule has 0 heterocycles. The van der Waals surface area contributed by atoms with E-state index < -0.39 is 0 Å². The quantitative estimate of drug-likeness (QED) is 0.768. The molecule has 0 aliphatic heterocycles. The van der Waals surface area contributed by atoms with Crippen LogP contribution in [-0.2, 0) is 11.3 Å². The first kappa shape index (κ1) is 17.2. The zero-order chi connectivity index (χ0) is 15.2. The van der Waals surface area contributed by atoms with Gasteiger partial charge in [-0.25, -0.2) is 0 Å². The molecule has 114 valence electrons. The van der Waals surface area contributed by atoms with E-state index in [9.17, 15) is 0 Å². The third-order valence-corrected chi connectivity index (χ3v) is 2.46. The summed E-state index contributed by atoms with van der Waals surface area (Å²) in [5.74, 6) is 0.913. The van der Waals surface area contributed by atoms with Crippen molar-refractivity contribution < 1.29 is 19.7 Å². The van der Waals surface area contributed by atoms with Crippen LogP contribution in [0.5, 0.6) is 5.75 Å². The molecule has 0 spiro atoms. The van der Waals surface area contributed by atoms with Gasteiger partial charge >= 0.3 is 0 Å². The minimum atomic E-state index is 0.0278. The number of benzene rings is 2. The molecule has 0 aliphatic carbocycles. The van der Waals surface area contributed by atoms with Gasteiger partial charge in [0.05, 0.1) is 26.4 Å². The lowest BCUT2D eigenvalue weighted by Gasteiger charge is -2.05. The molecular weight excluding hydrogens is 268 g/mol. The van der Waals surface area contributed by atoms with Gasteiger partial charge < -0.3 is 19.7 Å². The predicted molar refractivity (Wildman–Crippen MR) is 82.2 cm³/mol. The Hall–Kier alpha value is -1.88. The second-order valence-electron chi connectivity index (χ2n) is 4.15. The van der Waals surface area contributed by atoms with Crippen molar-refractivity contribution in [1.29, 1.82) is 0 Å². The van der Waals surface area contributed by atoms with Crippen LogP contribution in [-0.4, -0.2) is 36.6 Å². The van der Waals surface area contributed by atoms with Gasteiger partial charge in [0.15, 0.2) is 0 Å². The molecule has 4 nitrogen and oxygen atoms in total. The van der Waals surface area contributed by atoms with Crippen LogP contribution in [0.25, 0.3) is 0 Å². The van der Waals surface area contributed by atoms with Gasteiger partial charge in [-0.05, 0) is 17.7 Å². The summed E-state index contributed by atoms with van der Waals surface area (Å²) in [6, 6.07) is 20.0. The van der Waals surface area contributed by atoms with Crippen LogP contribution in [0.3, 0.4) is 0 Å². The monoisotopic (exact) mass is 290 g/mol. The van der Waals surface area contributed by atoms with Crippen molar-refractivity contribution in [3.63, 3.8) is 0 Å². The molecule has 0 atom stereocenters. The fraction of sp³-hybridized carbons (Fsp3) is 0.294. The molecule has 0 amide bonds. The standard InChI is InChI=1S/C13H12O.C4H10O3/c1-3-7-12(8-4-1)11-14-13-9-5-2-6-10-13;5-1-3-7-4-2-6/h1-10H,11H2;5-6H,1-4H2. The van der Waals surface area contributed by atoms with E-state index in [1.807, 2.05) is 48.5 Å². The lowest BCUT2D eigenvalue weighted by atomic mass is 10.2. The molecule has 21 heavy (non-hydrogen) atoms. The molecule has 0 saturated heterocycles. The topological polar surface area (TPSA) is 58.9 Å². The van der Waals surface area contributed by atoms with Crippen molar-refractivity contribution in [2.24, 2.45) is 0 Å². The third-order valence-electron chi connectivity index (χ3n) is 2.46. The molecule has 0 saturated carbocycles. The maximum absolute atomic E-state index is 8.09. The first-order valence-corrected chi connectivity index (χ1v) is 6.88. The van der Waals surface area contributed by atoms with Gasteiger partial charge in [0.1, 0.15) is 12.4 Å². The minimum absolute atomic E-state index is 0.0278. The molecule has 2 N–H and O–H groups in total. The number of aliphatic hydroxyl groups excluding tert-OH is 2. The van der Waals surface area contributed by atoms with Crippen LogP contribution in [0.1, 0.15) is 5.56 Å². The van der Waals surface area contributed by atoms with E-state index >= 15 is 0 Å². The highest BCUT2D eigenvalue weighted by atomic mass is 16.5. The largest absolute Gasteiger partial charge is 0.489 e. The van der Waals surface area contributed by atoms with Crippen molar-refractivity contribution in [3.05, 3.63) is 66.2 Å². The number of hydrogen-bond acceptors (Lipinski definition) is 4. The van der Waals surface area contributed by atoms with Gasteiger partial charge in [0, 0.05) is 0 Å². The van der Waals surface area contributed by atoms with Crippen molar-refractivity contribution in [3.8, 4) is 5.75 Å². The highest BCUT2D eigenvalue weighted by Gasteiger charge is 1.92. The summed E-state index contributed by atoms with van der Waals surface area (Å²) in [6.45, 7) is 1.33. The third kappa shape index (κ3) is 8.81. The highest BCUT2D eigenvalue weighted by molar-refractivity contribution is 5.22. The van der Waals surface area contributed by atoms with Crippen LogP contribution >= 0.6 is 0 Å². The lowest BCUT2D eigenvalue weighted by molar-refractivity contribution is 0.0650. The van der Waals surface area contributed by atoms with Gasteiger partial charge in [0.25, 0.3) is 0 Å². The summed E-state index contributed by atoms with van der Waals surface area (Å²) in [5, 5.41) is 16.2. The molecule has 0 aromatic heterocycles. The Morgan fingerprint density at radius 3 is 1.76 bits per heavy atom. The number of para-hydroxylation sites is 1. The van der Waals surface area contributed by atoms with Crippen LogP contribution in [0.15, 0.2) is 60.7 Å². The molecule has 4 heteroatoms. The van der Waals surface area contributed by atoms with Crippen LogP contribution in [0.4, 0.5) is 0 Å². The van der Waals surface area contributed by atoms with Crippen LogP contribution in [0.2, 0.25) is 0 Å². The highest BCUT2D eigenvalue weighted by Crippen LogP contribution is 2.10. The molecule has 0 radical (unpaired) electrons. The van der Waals surface area contributed by atoms with E-state index in [0.29, 0.717) is 19.8 Å². The number of rotatable bonds is 7. The Morgan fingerprint density at radius 2 is 1.24 bits per heavy atom. The van der Waals surface area contributed by atoms with Crippen molar-refractivity contribution >= 4 is 0 Å². The summed E-state index contributed by atoms with van der Waals surface area (Å²) in [5.41, 5.74) is 1.19. The summed E-state index contributed by atoms with van der Waals surface area (Å²) in [4.78, 5) is 0. The Labute approximate surface area is 125 Å². The minimum Gasteiger partial charge on any atom is -0.489 e. The van der Waals surface area contributed by atoms with E-state index in [0.717, 1.165) is 5.75 Å². The molecule has 0 unspecified atom stereocenters. The zero-order valence-corrected chi connectivity index (χ0v) is 12.0. The Balaban J connectivity index is 0.000000270. The second kappa shape index (κ2) is 11.9. The lowest BCUT2D eigenvalue weighted by Crippen LogP contribution is -2.03. The molecule has 0 aliphatic rings. The molecule has 2 aromatic carbocycles. The first-order valence-electron chi connectivity index (χ1n) is 6.88. The fourth-order valence-corrected chi connectivity index (χ4v) is 1.49. The molecular formula is C17H22O4. The van der Waals surface area contributed by atoms with E-state index in [4.69, 9.17) is 14.9 Å². The maximum Gasteiger partial charge on any atom is 0.119 e. The van der Waals surface area contributed by atoms with Crippen molar-refractivity contribution in [2.45, 2.75) is 6.61 Å². The SMILES string of the molecule is OCCOCCO.c1ccc(COc2ccccc2)cc1. The second-order valence-corrected chi connectivity index (χ2v) is 4.15. The molecule has 0 fully saturated rings. The van der Waals surface area contributed by atoms with Gasteiger partial charge in [-0.2, -0.15) is 0 Å². The van der Waals surface area contributed by atoms with Gasteiger partial charge in [-0.1, -0.05) is 48.5 Å². The summed E-state index contributed by atoms with van der Waals surface area (Å²) in [6.07, 6.45) is 0. The summed E-state index contributed by atoms with van der Waals surface area (Å²) in [7, 11) is 0. The summed E-state index contributed by atoms with van der Waals surface area (Å²) >= 11 is 0. The van der Waals surface area contributed by atoms with Crippen LogP contribution < -0.4 is 4.74 Å². The van der Waals surface area contributed by atoms with Gasteiger partial charge in [0.2, 0.25) is 0 Å². The van der Waals surface area contributed by atoms with Crippen molar-refractivity contribution in [2.75, 3.05) is 26.4 Å². The molecule has 2 aromatic rings. The first-order chi connectivity index (χ1) is 10.4. The maximum atomic E-state index is 8.09. The average Bonchev–Trinajstić information content (AvgIpc) is 2.56. The normalized spacial score (nSPS) is 9.62. The van der Waals surface area contributed by atoms with E-state index in [1.165, 1.54) is 5.56 Å². The van der Waals surface area contributed by atoms with Crippen LogP contribution in [0, 0.1) is 0 Å². The van der Waals surface area contributed by atoms with Gasteiger partial charge in [-0.3, -0.25) is 0 Å². The Morgan fingerprint density at radius 1 is 0.714 bits per heavy atom. The Bertz CT molecular complexity index is 401. The zero-order valence-electron chi connectivity index (χ0n) is 12.0. The molecule has 0 bridgehead atoms. The van der Waals surface area contributed by atoms with E-state index in [1.54, 1.807) is 0 Å². The average molecular weight is 290 g/mol. The van der Waals surface area contributed by atoms with E-state index in [-0.39, 0.29) is 13.2 Å². The molecule has 2 rings (SSSR count). The van der Waals surface area contributed by atoms with Crippen molar-refractivity contribution in [1.82, 2.24) is 0 Å².